The van der Waals surface area contributed by atoms with E-state index in [2.05, 4.69) is 46.3 Å². The summed E-state index contributed by atoms with van der Waals surface area (Å²) < 4.78 is 27.8. The number of halogens is 1. The van der Waals surface area contributed by atoms with Gasteiger partial charge >= 0.3 is 12.6 Å². The number of benzene rings is 3. The van der Waals surface area contributed by atoms with Crippen molar-refractivity contribution in [3.63, 3.8) is 0 Å². The third-order valence-corrected chi connectivity index (χ3v) is 10.2. The second kappa shape index (κ2) is 12.5. The Morgan fingerprint density at radius 1 is 0.929 bits per heavy atom. The summed E-state index contributed by atoms with van der Waals surface area (Å²) in [7, 11) is 3.16. The number of rotatable bonds is 9. The molecule has 0 amide bonds. The van der Waals surface area contributed by atoms with E-state index < -0.39 is 36.0 Å². The molecule has 2 heterocycles. The van der Waals surface area contributed by atoms with Crippen LogP contribution in [0.15, 0.2) is 107 Å². The molecule has 1 aromatic heterocycles. The Hall–Kier alpha value is -3.30. The normalized spacial score (nSPS) is 19.5. The fourth-order valence-electron chi connectivity index (χ4n) is 5.51. The molecular weight excluding hydrogens is 575 g/mol. The minimum absolute atomic E-state index is 0.0858. The first kappa shape index (κ1) is 30.2. The van der Waals surface area contributed by atoms with Crippen LogP contribution in [0.3, 0.4) is 0 Å². The van der Waals surface area contributed by atoms with E-state index in [1.54, 1.807) is 21.0 Å². The van der Waals surface area contributed by atoms with Crippen molar-refractivity contribution in [3.05, 3.63) is 140 Å². The zero-order valence-electron chi connectivity index (χ0n) is 23.7. The van der Waals surface area contributed by atoms with Crippen LogP contribution in [0.1, 0.15) is 28.5 Å². The highest BCUT2D eigenvalue weighted by Crippen LogP contribution is 2.54. The van der Waals surface area contributed by atoms with Crippen LogP contribution < -0.4 is 11.2 Å². The molecule has 1 unspecified atom stereocenters. The molecule has 1 fully saturated rings. The lowest BCUT2D eigenvalue weighted by Gasteiger charge is -2.50. The first-order valence-corrected chi connectivity index (χ1v) is 16.1. The minimum Gasteiger partial charge on any atom is -0.350 e. The highest BCUT2D eigenvalue weighted by Gasteiger charge is 2.46. The highest BCUT2D eigenvalue weighted by molar-refractivity contribution is 7.83. The van der Waals surface area contributed by atoms with Crippen molar-refractivity contribution in [1.29, 1.82) is 0 Å². The fourth-order valence-corrected chi connectivity index (χ4v) is 6.26. The zero-order valence-corrected chi connectivity index (χ0v) is 25.4. The summed E-state index contributed by atoms with van der Waals surface area (Å²) in [5, 5.41) is 0. The maximum Gasteiger partial charge on any atom is 0.362 e. The van der Waals surface area contributed by atoms with Gasteiger partial charge in [-0.25, -0.2) is 9.46 Å². The van der Waals surface area contributed by atoms with Gasteiger partial charge in [-0.15, -0.1) is 0 Å². The quantitative estimate of drug-likeness (QED) is 0.212. The van der Waals surface area contributed by atoms with Gasteiger partial charge in [-0.05, 0) is 49.0 Å². The summed E-state index contributed by atoms with van der Waals surface area (Å²) >= 11 is 6.22. The molecule has 220 valence electrons. The summed E-state index contributed by atoms with van der Waals surface area (Å²) in [6, 6.07) is 30.5. The summed E-state index contributed by atoms with van der Waals surface area (Å²) in [5.41, 5.74) is 1.58. The van der Waals surface area contributed by atoms with Crippen molar-refractivity contribution in [2.45, 2.75) is 24.8 Å². The third-order valence-electron chi connectivity index (χ3n) is 7.55. The molecular formula is C31H34ClN4O5P. The monoisotopic (exact) mass is 608 g/mol. The smallest absolute Gasteiger partial charge is 0.350 e. The summed E-state index contributed by atoms with van der Waals surface area (Å²) in [4.78, 5) is 29.9. The molecule has 0 saturated carbocycles. The van der Waals surface area contributed by atoms with E-state index in [-0.39, 0.29) is 13.2 Å². The lowest BCUT2D eigenvalue weighted by atomic mass is 9.75. The fraction of sp³-hybridized carbons (Fsp3) is 0.290. The van der Waals surface area contributed by atoms with E-state index in [4.69, 9.17) is 20.5 Å². The van der Waals surface area contributed by atoms with Crippen molar-refractivity contribution in [2.75, 3.05) is 33.8 Å². The SMILES string of the molecule is Cc1cn(C2CN(C(c3ccccc3)(c3ccccc3)c3ccccc3)C[C@@H](CO[P@](=O)(Cl)N(C)C)O2)c(=O)[nH]c1=O. The standard InChI is InChI=1S/C31H34ClN4O5P/c1-23-19-36(30(38)33-29(23)37)28-21-35(20-27(41-28)22-40-42(32,39)34(2)3)31(24-13-7-4-8-14-24,25-15-9-5-10-16-25)26-17-11-6-12-18-26/h4-19,27-28H,20-22H2,1-3H3,(H,33,37,38)/t27-,28?,42+/m0/s1. The van der Waals surface area contributed by atoms with Crippen LogP contribution in [-0.4, -0.2) is 59.0 Å². The molecule has 1 aliphatic heterocycles. The van der Waals surface area contributed by atoms with Gasteiger partial charge in [0.15, 0.2) is 6.23 Å². The van der Waals surface area contributed by atoms with Crippen LogP contribution in [-0.2, 0) is 19.4 Å². The molecule has 42 heavy (non-hydrogen) atoms. The van der Waals surface area contributed by atoms with Crippen LogP contribution in [0.25, 0.3) is 0 Å². The Bertz CT molecular complexity index is 1570. The zero-order chi connectivity index (χ0) is 29.9. The maximum atomic E-state index is 13.1. The number of nitrogens with one attached hydrogen (secondary N) is 1. The van der Waals surface area contributed by atoms with Gasteiger partial charge in [-0.1, -0.05) is 91.0 Å². The van der Waals surface area contributed by atoms with Crippen LogP contribution in [0.2, 0.25) is 0 Å². The van der Waals surface area contributed by atoms with Gasteiger partial charge in [-0.3, -0.25) is 23.8 Å². The predicted octanol–water partition coefficient (Wildman–Crippen LogP) is 4.96. The summed E-state index contributed by atoms with van der Waals surface area (Å²) in [5.74, 6) is 0. The van der Waals surface area contributed by atoms with E-state index in [1.807, 2.05) is 54.6 Å². The largest absolute Gasteiger partial charge is 0.362 e. The highest BCUT2D eigenvalue weighted by atomic mass is 35.7. The van der Waals surface area contributed by atoms with Gasteiger partial charge in [0.05, 0.1) is 18.2 Å². The van der Waals surface area contributed by atoms with Gasteiger partial charge in [-0.2, -0.15) is 0 Å². The molecule has 1 aliphatic rings. The Morgan fingerprint density at radius 2 is 1.43 bits per heavy atom. The predicted molar refractivity (Wildman–Crippen MR) is 164 cm³/mol. The third kappa shape index (κ3) is 5.95. The van der Waals surface area contributed by atoms with Crippen molar-refractivity contribution in [1.82, 2.24) is 19.1 Å². The molecule has 0 radical (unpaired) electrons. The topological polar surface area (TPSA) is 96.9 Å². The van der Waals surface area contributed by atoms with E-state index in [9.17, 15) is 14.2 Å². The number of morpholine rings is 1. The molecule has 3 aromatic carbocycles. The lowest BCUT2D eigenvalue weighted by Crippen LogP contribution is -2.58. The number of aromatic amines is 1. The van der Waals surface area contributed by atoms with Gasteiger partial charge in [0.25, 0.3) is 5.56 Å². The Balaban J connectivity index is 1.70. The number of ether oxygens (including phenoxy) is 1. The number of aryl methyl sites for hydroxylation is 1. The van der Waals surface area contributed by atoms with Gasteiger partial charge in [0.2, 0.25) is 0 Å². The van der Waals surface area contributed by atoms with Gasteiger partial charge in [0.1, 0.15) is 0 Å². The van der Waals surface area contributed by atoms with Crippen molar-refractivity contribution < 1.29 is 13.8 Å². The molecule has 0 aliphatic carbocycles. The molecule has 5 rings (SSSR count). The molecule has 0 bridgehead atoms. The number of hydrogen-bond acceptors (Lipinski definition) is 6. The number of hydrogen-bond donors (Lipinski definition) is 1. The van der Waals surface area contributed by atoms with Crippen LogP contribution in [0, 0.1) is 6.92 Å². The van der Waals surface area contributed by atoms with Crippen molar-refractivity contribution in [2.24, 2.45) is 0 Å². The van der Waals surface area contributed by atoms with Crippen LogP contribution in [0.5, 0.6) is 0 Å². The average Bonchev–Trinajstić information content (AvgIpc) is 3.00. The van der Waals surface area contributed by atoms with Crippen molar-refractivity contribution in [3.8, 4) is 0 Å². The molecule has 9 nitrogen and oxygen atoms in total. The first-order chi connectivity index (χ1) is 20.1. The van der Waals surface area contributed by atoms with Crippen LogP contribution >= 0.6 is 18.1 Å². The number of H-pyrrole nitrogens is 1. The van der Waals surface area contributed by atoms with E-state index in [0.717, 1.165) is 16.7 Å². The Kier molecular flexibility index (Phi) is 8.99. The lowest BCUT2D eigenvalue weighted by molar-refractivity contribution is -0.148. The minimum atomic E-state index is -3.59. The molecule has 3 atom stereocenters. The molecule has 1 N–H and O–H groups in total. The van der Waals surface area contributed by atoms with Gasteiger partial charge in [0, 0.05) is 24.8 Å². The Morgan fingerprint density at radius 3 is 1.90 bits per heavy atom. The van der Waals surface area contributed by atoms with E-state index in [0.29, 0.717) is 12.1 Å². The average molecular weight is 609 g/mol. The van der Waals surface area contributed by atoms with Crippen molar-refractivity contribution >= 4 is 18.1 Å². The number of nitrogens with zero attached hydrogens (tertiary/aromatic N) is 3. The van der Waals surface area contributed by atoms with E-state index in [1.165, 1.54) is 15.4 Å². The molecule has 0 spiro atoms. The molecule has 11 heteroatoms. The second-order valence-corrected chi connectivity index (χ2v) is 13.7. The molecule has 4 aromatic rings. The van der Waals surface area contributed by atoms with Crippen LogP contribution in [0.4, 0.5) is 0 Å². The second-order valence-electron chi connectivity index (χ2n) is 10.5. The first-order valence-electron chi connectivity index (χ1n) is 13.6. The Labute approximate surface area is 249 Å². The summed E-state index contributed by atoms with van der Waals surface area (Å²) in [6.45, 7) is -1.40. The van der Waals surface area contributed by atoms with E-state index >= 15 is 0 Å². The number of aromatic nitrogens is 2. The van der Waals surface area contributed by atoms with Gasteiger partial charge < -0.3 is 9.26 Å². The summed E-state index contributed by atoms with van der Waals surface area (Å²) in [6.07, 6.45) is 0.0692. The molecule has 1 saturated heterocycles. The maximum absolute atomic E-state index is 13.1.